The first-order chi connectivity index (χ1) is 19.6. The Morgan fingerprint density at radius 2 is 1.80 bits per heavy atom. The predicted molar refractivity (Wildman–Crippen MR) is 145 cm³/mol. The van der Waals surface area contributed by atoms with Crippen LogP contribution >= 0.6 is 0 Å². The molecule has 0 N–H and O–H groups in total. The molecule has 0 fully saturated rings. The topological polar surface area (TPSA) is 75.5 Å². The van der Waals surface area contributed by atoms with Gasteiger partial charge in [-0.25, -0.2) is 4.98 Å². The Hall–Kier alpha value is -4.34. The highest BCUT2D eigenvalue weighted by Gasteiger charge is 2.38. The maximum Gasteiger partial charge on any atom is 0.417 e. The van der Waals surface area contributed by atoms with Gasteiger partial charge < -0.3 is 14.2 Å². The van der Waals surface area contributed by atoms with Crippen molar-refractivity contribution in [2.75, 3.05) is 13.7 Å². The van der Waals surface area contributed by atoms with Gasteiger partial charge in [0.05, 0.1) is 25.7 Å². The molecule has 7 nitrogen and oxygen atoms in total. The van der Waals surface area contributed by atoms with E-state index in [0.29, 0.717) is 47.9 Å². The summed E-state index contributed by atoms with van der Waals surface area (Å²) in [6, 6.07) is 15.1. The molecule has 6 rings (SSSR count). The molecule has 2 aliphatic rings. The average molecular weight is 564 g/mol. The summed E-state index contributed by atoms with van der Waals surface area (Å²) in [4.78, 5) is 16.1. The van der Waals surface area contributed by atoms with Crippen molar-refractivity contribution < 1.29 is 32.2 Å². The van der Waals surface area contributed by atoms with E-state index in [9.17, 15) is 18.0 Å². The Balaban J connectivity index is 1.30. The van der Waals surface area contributed by atoms with Gasteiger partial charge in [-0.1, -0.05) is 36.4 Å². The van der Waals surface area contributed by atoms with Crippen LogP contribution in [0, 0.1) is 6.92 Å². The van der Waals surface area contributed by atoms with Gasteiger partial charge in [-0.05, 0) is 54.2 Å². The van der Waals surface area contributed by atoms with Gasteiger partial charge in [0.2, 0.25) is 0 Å². The number of rotatable bonds is 6. The van der Waals surface area contributed by atoms with Gasteiger partial charge in [-0.15, -0.1) is 0 Å². The van der Waals surface area contributed by atoms with Gasteiger partial charge >= 0.3 is 12.1 Å². The number of carbonyl (C=O) groups excluding carboxylic acids is 1. The number of fused-ring (bicyclic) bond motifs is 2. The van der Waals surface area contributed by atoms with Crippen LogP contribution in [0.5, 0.6) is 11.5 Å². The average Bonchev–Trinajstić information content (AvgIpc) is 3.64. The summed E-state index contributed by atoms with van der Waals surface area (Å²) < 4.78 is 61.1. The van der Waals surface area contributed by atoms with E-state index in [2.05, 4.69) is 10.1 Å². The van der Waals surface area contributed by atoms with Crippen LogP contribution in [-0.2, 0) is 29.2 Å². The zero-order valence-electron chi connectivity index (χ0n) is 22.8. The van der Waals surface area contributed by atoms with Crippen LogP contribution < -0.4 is 9.47 Å². The molecule has 212 valence electrons. The number of methoxy groups -OCH3 is 1. The van der Waals surface area contributed by atoms with Crippen LogP contribution in [0.15, 0.2) is 54.6 Å². The van der Waals surface area contributed by atoms with Crippen LogP contribution in [0.4, 0.5) is 13.2 Å². The van der Waals surface area contributed by atoms with E-state index in [1.165, 1.54) is 13.2 Å². The Bertz CT molecular complexity index is 1610. The third-order valence-corrected chi connectivity index (χ3v) is 7.85. The van der Waals surface area contributed by atoms with Gasteiger partial charge in [0.15, 0.2) is 5.82 Å². The maximum atomic E-state index is 14.2. The number of aryl methyl sites for hydroxylation is 2. The number of hydrogen-bond acceptors (Lipinski definition) is 6. The summed E-state index contributed by atoms with van der Waals surface area (Å²) in [6.45, 7) is 2.21. The molecule has 0 bridgehead atoms. The van der Waals surface area contributed by atoms with Crippen molar-refractivity contribution >= 4 is 5.97 Å². The number of esters is 1. The van der Waals surface area contributed by atoms with E-state index < -0.39 is 17.8 Å². The van der Waals surface area contributed by atoms with Crippen LogP contribution in [-0.4, -0.2) is 34.5 Å². The number of benzene rings is 3. The summed E-state index contributed by atoms with van der Waals surface area (Å²) >= 11 is 0. The minimum absolute atomic E-state index is 0.0917. The van der Waals surface area contributed by atoms with Crippen molar-refractivity contribution in [3.05, 3.63) is 82.7 Å². The molecule has 1 aliphatic carbocycles. The lowest BCUT2D eigenvalue weighted by molar-refractivity contribution is -0.141. The van der Waals surface area contributed by atoms with Crippen molar-refractivity contribution in [2.24, 2.45) is 7.05 Å². The Kier molecular flexibility index (Phi) is 6.71. The molecule has 1 aliphatic heterocycles. The van der Waals surface area contributed by atoms with Crippen molar-refractivity contribution in [3.8, 4) is 34.0 Å². The molecule has 4 aromatic rings. The minimum Gasteiger partial charge on any atom is -0.492 e. The van der Waals surface area contributed by atoms with Gasteiger partial charge in [-0.3, -0.25) is 9.48 Å². The molecule has 3 aromatic carbocycles. The van der Waals surface area contributed by atoms with E-state index in [0.717, 1.165) is 28.6 Å². The zero-order valence-corrected chi connectivity index (χ0v) is 22.8. The first-order valence-electron chi connectivity index (χ1n) is 13.3. The monoisotopic (exact) mass is 563 g/mol. The van der Waals surface area contributed by atoms with Gasteiger partial charge in [0.1, 0.15) is 23.4 Å². The quantitative estimate of drug-likeness (QED) is 0.247. The molecule has 0 saturated carbocycles. The van der Waals surface area contributed by atoms with E-state index in [1.807, 2.05) is 19.1 Å². The fourth-order valence-electron chi connectivity index (χ4n) is 5.67. The Morgan fingerprint density at radius 1 is 1.07 bits per heavy atom. The second-order valence-corrected chi connectivity index (χ2v) is 10.4. The molecule has 10 heteroatoms. The Labute approximate surface area is 234 Å². The molecule has 2 atom stereocenters. The van der Waals surface area contributed by atoms with Crippen molar-refractivity contribution in [2.45, 2.75) is 44.4 Å². The van der Waals surface area contributed by atoms with E-state index in [-0.39, 0.29) is 23.9 Å². The highest BCUT2D eigenvalue weighted by Crippen LogP contribution is 2.47. The minimum atomic E-state index is -4.51. The van der Waals surface area contributed by atoms with Gasteiger partial charge in [0, 0.05) is 30.2 Å². The zero-order chi connectivity index (χ0) is 28.9. The lowest BCUT2D eigenvalue weighted by atomic mass is 9.91. The molecule has 0 radical (unpaired) electrons. The number of aromatic nitrogens is 3. The van der Waals surface area contributed by atoms with Crippen LogP contribution in [0.25, 0.3) is 22.5 Å². The lowest BCUT2D eigenvalue weighted by Crippen LogP contribution is -2.10. The summed E-state index contributed by atoms with van der Waals surface area (Å²) in [6.07, 6.45) is -3.70. The number of nitrogens with zero attached hydrogens (tertiary/aromatic N) is 3. The van der Waals surface area contributed by atoms with Crippen LogP contribution in [0.1, 0.15) is 52.9 Å². The highest BCUT2D eigenvalue weighted by atomic mass is 19.4. The molecule has 0 saturated heterocycles. The first-order valence-corrected chi connectivity index (χ1v) is 13.3. The third kappa shape index (κ3) is 5.03. The van der Waals surface area contributed by atoms with Gasteiger partial charge in [0.25, 0.3) is 0 Å². The number of hydrogen-bond donors (Lipinski definition) is 0. The van der Waals surface area contributed by atoms with E-state index in [1.54, 1.807) is 42.1 Å². The van der Waals surface area contributed by atoms with E-state index in [4.69, 9.17) is 14.2 Å². The number of alkyl halides is 3. The number of halogens is 3. The van der Waals surface area contributed by atoms with Crippen molar-refractivity contribution in [3.63, 3.8) is 0 Å². The molecule has 1 unspecified atom stereocenters. The van der Waals surface area contributed by atoms with Crippen LogP contribution in [0.3, 0.4) is 0 Å². The Morgan fingerprint density at radius 3 is 2.49 bits per heavy atom. The maximum absolute atomic E-state index is 14.2. The predicted octanol–water partition coefficient (Wildman–Crippen LogP) is 6.58. The summed E-state index contributed by atoms with van der Waals surface area (Å²) in [5, 5.41) is 4.37. The SMILES string of the molecule is COC(=O)CC1COc2cc(O[C@@H]3CCc4c3ccc(C(F)(F)F)c4-c3ccc(-c4nc(C)n(C)n4)cc3)ccc21. The molecular weight excluding hydrogens is 535 g/mol. The smallest absolute Gasteiger partial charge is 0.417 e. The summed E-state index contributed by atoms with van der Waals surface area (Å²) in [5.74, 6) is 2.07. The van der Waals surface area contributed by atoms with Crippen LogP contribution in [0.2, 0.25) is 0 Å². The lowest BCUT2D eigenvalue weighted by Gasteiger charge is -2.20. The third-order valence-electron chi connectivity index (χ3n) is 7.85. The highest BCUT2D eigenvalue weighted by molar-refractivity contribution is 5.76. The second kappa shape index (κ2) is 10.2. The fraction of sp³-hybridized carbons (Fsp3) is 0.323. The standard InChI is InChI=1S/C31H28F3N3O4/c1-17-35-30(36-37(17)2)19-6-4-18(5-7-19)29-24-11-13-26(23(24)10-12-25(29)31(32,33)34)41-21-8-9-22-20(14-28(38)39-3)16-40-27(22)15-21/h4-10,12,15,20,26H,11,13-14,16H2,1-3H3/t20?,26-/m1/s1. The molecule has 41 heavy (non-hydrogen) atoms. The molecule has 1 aromatic heterocycles. The molecular formula is C31H28F3N3O4. The molecule has 0 amide bonds. The second-order valence-electron chi connectivity index (χ2n) is 10.4. The first kappa shape index (κ1) is 26.9. The van der Waals surface area contributed by atoms with Crippen molar-refractivity contribution in [1.29, 1.82) is 0 Å². The summed E-state index contributed by atoms with van der Waals surface area (Å²) in [5.41, 5.74) is 3.01. The summed E-state index contributed by atoms with van der Waals surface area (Å²) in [7, 11) is 3.15. The van der Waals surface area contributed by atoms with Crippen molar-refractivity contribution in [1.82, 2.24) is 14.8 Å². The van der Waals surface area contributed by atoms with E-state index >= 15 is 0 Å². The number of carbonyl (C=O) groups is 1. The molecule has 2 heterocycles. The number of ether oxygens (including phenoxy) is 3. The van der Waals surface area contributed by atoms with Gasteiger partial charge in [-0.2, -0.15) is 18.3 Å². The normalized spacial score (nSPS) is 17.6. The fourth-order valence-corrected chi connectivity index (χ4v) is 5.67. The largest absolute Gasteiger partial charge is 0.492 e. The molecule has 0 spiro atoms.